The molecule has 0 spiro atoms. The lowest BCUT2D eigenvalue weighted by molar-refractivity contribution is 0.0205. The van der Waals surface area contributed by atoms with Crippen molar-refractivity contribution >= 4 is 17.5 Å². The van der Waals surface area contributed by atoms with E-state index >= 15 is 0 Å². The smallest absolute Gasteiger partial charge is 0.410 e. The topological polar surface area (TPSA) is 68.0 Å². The Morgan fingerprint density at radius 3 is 2.32 bits per heavy atom. The maximum absolute atomic E-state index is 12.2. The van der Waals surface area contributed by atoms with Crippen molar-refractivity contribution in [3.05, 3.63) is 17.7 Å². The number of anilines is 2. The number of piperidine rings is 1. The van der Waals surface area contributed by atoms with E-state index in [2.05, 4.69) is 4.90 Å². The molecule has 1 saturated heterocycles. The highest BCUT2D eigenvalue weighted by atomic mass is 16.6. The molecule has 0 saturated carbocycles. The largest absolute Gasteiger partial charge is 0.495 e. The first-order chi connectivity index (χ1) is 11.6. The van der Waals surface area contributed by atoms with Crippen LogP contribution in [0.25, 0.3) is 0 Å². The second kappa shape index (κ2) is 7.42. The molecule has 140 valence electrons. The summed E-state index contributed by atoms with van der Waals surface area (Å²) in [5.41, 5.74) is 8.64. The predicted molar refractivity (Wildman–Crippen MR) is 102 cm³/mol. The lowest BCUT2D eigenvalue weighted by Crippen LogP contribution is -2.41. The van der Waals surface area contributed by atoms with Crippen molar-refractivity contribution in [2.24, 2.45) is 0 Å². The van der Waals surface area contributed by atoms with Gasteiger partial charge >= 0.3 is 6.09 Å². The van der Waals surface area contributed by atoms with Crippen molar-refractivity contribution in [1.82, 2.24) is 4.90 Å². The number of nitrogens with zero attached hydrogens (tertiary/aromatic N) is 2. The van der Waals surface area contributed by atoms with E-state index < -0.39 is 5.60 Å². The Balaban J connectivity index is 2.12. The Kier molecular flexibility index (Phi) is 5.70. The van der Waals surface area contributed by atoms with Crippen LogP contribution in [-0.2, 0) is 4.74 Å². The first-order valence-corrected chi connectivity index (χ1v) is 8.75. The Labute approximate surface area is 150 Å². The summed E-state index contributed by atoms with van der Waals surface area (Å²) < 4.78 is 10.8. The van der Waals surface area contributed by atoms with Crippen LogP contribution < -0.4 is 15.4 Å². The van der Waals surface area contributed by atoms with Crippen LogP contribution in [0.3, 0.4) is 0 Å². The Morgan fingerprint density at radius 1 is 1.24 bits per heavy atom. The average Bonchev–Trinajstić information content (AvgIpc) is 2.53. The van der Waals surface area contributed by atoms with Gasteiger partial charge in [0.05, 0.1) is 12.8 Å². The zero-order valence-corrected chi connectivity index (χ0v) is 16.3. The van der Waals surface area contributed by atoms with Crippen LogP contribution in [0.5, 0.6) is 5.75 Å². The molecule has 0 bridgehead atoms. The van der Waals surface area contributed by atoms with Crippen LogP contribution in [0.15, 0.2) is 12.1 Å². The van der Waals surface area contributed by atoms with Crippen molar-refractivity contribution in [3.63, 3.8) is 0 Å². The normalized spacial score (nSPS) is 15.8. The quantitative estimate of drug-likeness (QED) is 0.847. The molecule has 25 heavy (non-hydrogen) atoms. The fraction of sp³-hybridized carbons (Fsp3) is 0.632. The molecule has 0 aromatic heterocycles. The van der Waals surface area contributed by atoms with Crippen LogP contribution in [-0.4, -0.2) is 50.9 Å². The highest BCUT2D eigenvalue weighted by molar-refractivity contribution is 5.69. The number of amides is 1. The van der Waals surface area contributed by atoms with E-state index in [4.69, 9.17) is 15.2 Å². The van der Waals surface area contributed by atoms with Gasteiger partial charge in [-0.2, -0.15) is 0 Å². The molecule has 0 unspecified atom stereocenters. The number of nitrogens with two attached hydrogens (primary N) is 1. The molecule has 2 rings (SSSR count). The number of methoxy groups -OCH3 is 1. The van der Waals surface area contributed by atoms with Gasteiger partial charge in [-0.25, -0.2) is 4.79 Å². The van der Waals surface area contributed by atoms with Gasteiger partial charge in [-0.05, 0) is 51.2 Å². The highest BCUT2D eigenvalue weighted by Crippen LogP contribution is 2.39. The average molecular weight is 349 g/mol. The van der Waals surface area contributed by atoms with E-state index in [1.807, 2.05) is 47.0 Å². The van der Waals surface area contributed by atoms with E-state index in [0.29, 0.717) is 30.4 Å². The minimum absolute atomic E-state index is 0.229. The zero-order valence-electron chi connectivity index (χ0n) is 16.3. The van der Waals surface area contributed by atoms with Gasteiger partial charge in [0.15, 0.2) is 0 Å². The summed E-state index contributed by atoms with van der Waals surface area (Å²) in [6, 6.07) is 4.01. The van der Waals surface area contributed by atoms with E-state index in [1.165, 1.54) is 5.56 Å². The van der Waals surface area contributed by atoms with Crippen LogP contribution in [0, 0.1) is 0 Å². The SMILES string of the molecule is COc1cc(N(C)C)c(C2CCN(C(=O)OC(C)(C)C)CC2)cc1N. The van der Waals surface area contributed by atoms with E-state index in [9.17, 15) is 4.79 Å². The van der Waals surface area contributed by atoms with E-state index in [0.717, 1.165) is 18.5 Å². The van der Waals surface area contributed by atoms with Crippen LogP contribution in [0.4, 0.5) is 16.2 Å². The summed E-state index contributed by atoms with van der Waals surface area (Å²) in [5.74, 6) is 1.06. The van der Waals surface area contributed by atoms with Crippen LogP contribution in [0.2, 0.25) is 0 Å². The molecule has 2 N–H and O–H groups in total. The number of likely N-dealkylation sites (tertiary alicyclic amines) is 1. The Hall–Kier alpha value is -2.11. The van der Waals surface area contributed by atoms with Crippen molar-refractivity contribution < 1.29 is 14.3 Å². The number of rotatable bonds is 3. The van der Waals surface area contributed by atoms with Gasteiger partial charge in [0.2, 0.25) is 0 Å². The molecule has 1 fully saturated rings. The molecule has 0 aliphatic carbocycles. The first kappa shape index (κ1) is 19.2. The fourth-order valence-electron chi connectivity index (χ4n) is 3.19. The number of benzene rings is 1. The number of hydrogen-bond donors (Lipinski definition) is 1. The third-order valence-electron chi connectivity index (χ3n) is 4.45. The molecule has 1 amide bonds. The van der Waals surface area contributed by atoms with Gasteiger partial charge in [0, 0.05) is 38.9 Å². The van der Waals surface area contributed by atoms with Crippen molar-refractivity contribution in [2.45, 2.75) is 45.1 Å². The van der Waals surface area contributed by atoms with Gasteiger partial charge in [0.1, 0.15) is 11.4 Å². The standard InChI is InChI=1S/C19H31N3O3/c1-19(2,3)25-18(23)22-9-7-13(8-10-22)14-11-15(20)17(24-6)12-16(14)21(4)5/h11-13H,7-10,20H2,1-6H3. The summed E-state index contributed by atoms with van der Waals surface area (Å²) in [5, 5.41) is 0. The number of carbonyl (C=O) groups excluding carboxylic acids is 1. The second-order valence-electron chi connectivity index (χ2n) is 7.79. The van der Waals surface area contributed by atoms with Crippen molar-refractivity contribution in [1.29, 1.82) is 0 Å². The summed E-state index contributed by atoms with van der Waals surface area (Å²) in [4.78, 5) is 16.1. The molecular formula is C19H31N3O3. The molecule has 1 aliphatic heterocycles. The Bertz CT molecular complexity index is 615. The second-order valence-corrected chi connectivity index (χ2v) is 7.79. The molecule has 0 atom stereocenters. The number of ether oxygens (including phenoxy) is 2. The monoisotopic (exact) mass is 349 g/mol. The highest BCUT2D eigenvalue weighted by Gasteiger charge is 2.29. The third-order valence-corrected chi connectivity index (χ3v) is 4.45. The molecule has 6 heteroatoms. The van der Waals surface area contributed by atoms with E-state index in [1.54, 1.807) is 12.0 Å². The first-order valence-electron chi connectivity index (χ1n) is 8.75. The number of carbonyl (C=O) groups is 1. The number of nitrogen functional groups attached to an aromatic ring is 1. The molecule has 0 radical (unpaired) electrons. The minimum Gasteiger partial charge on any atom is -0.495 e. The maximum atomic E-state index is 12.2. The summed E-state index contributed by atoms with van der Waals surface area (Å²) in [7, 11) is 5.67. The molecule has 1 aromatic rings. The summed E-state index contributed by atoms with van der Waals surface area (Å²) in [6.45, 7) is 7.06. The zero-order chi connectivity index (χ0) is 18.8. The van der Waals surface area contributed by atoms with Gasteiger partial charge in [0.25, 0.3) is 0 Å². The summed E-state index contributed by atoms with van der Waals surface area (Å²) in [6.07, 6.45) is 1.56. The van der Waals surface area contributed by atoms with Crippen LogP contribution >= 0.6 is 0 Å². The lowest BCUT2D eigenvalue weighted by atomic mass is 9.87. The maximum Gasteiger partial charge on any atom is 0.410 e. The third kappa shape index (κ3) is 4.71. The summed E-state index contributed by atoms with van der Waals surface area (Å²) >= 11 is 0. The fourth-order valence-corrected chi connectivity index (χ4v) is 3.19. The van der Waals surface area contributed by atoms with Gasteiger partial charge in [-0.1, -0.05) is 0 Å². The molecule has 1 heterocycles. The Morgan fingerprint density at radius 2 is 1.84 bits per heavy atom. The predicted octanol–water partition coefficient (Wildman–Crippen LogP) is 3.46. The molecule has 1 aromatic carbocycles. The van der Waals surface area contributed by atoms with Crippen LogP contribution in [0.1, 0.15) is 45.1 Å². The van der Waals surface area contributed by atoms with E-state index in [-0.39, 0.29) is 6.09 Å². The van der Waals surface area contributed by atoms with Gasteiger partial charge in [-0.3, -0.25) is 0 Å². The van der Waals surface area contributed by atoms with Crippen molar-refractivity contribution in [2.75, 3.05) is 44.9 Å². The van der Waals surface area contributed by atoms with Gasteiger partial charge in [-0.15, -0.1) is 0 Å². The molecule has 1 aliphatic rings. The molecular weight excluding hydrogens is 318 g/mol. The minimum atomic E-state index is -0.462. The molecule has 6 nitrogen and oxygen atoms in total. The number of hydrogen-bond acceptors (Lipinski definition) is 5. The van der Waals surface area contributed by atoms with Crippen molar-refractivity contribution in [3.8, 4) is 5.75 Å². The lowest BCUT2D eigenvalue weighted by Gasteiger charge is -2.35. The van der Waals surface area contributed by atoms with Gasteiger partial charge < -0.3 is 25.0 Å².